The fourth-order valence-electron chi connectivity index (χ4n) is 7.55. The van der Waals surface area contributed by atoms with Crippen molar-refractivity contribution < 1.29 is 0 Å². The van der Waals surface area contributed by atoms with Gasteiger partial charge in [-0.2, -0.15) is 0 Å². The predicted octanol–water partition coefficient (Wildman–Crippen LogP) is 14.8. The number of hydrogen-bond donors (Lipinski definition) is 0. The molecule has 0 aliphatic rings. The molecule has 0 saturated heterocycles. The van der Waals surface area contributed by atoms with E-state index in [4.69, 9.17) is 0 Å². The number of nitrogens with zero attached hydrogens (tertiary/aromatic N) is 1. The highest BCUT2D eigenvalue weighted by Crippen LogP contribution is 2.45. The molecule has 0 spiro atoms. The Labute approximate surface area is 307 Å². The van der Waals surface area contributed by atoms with Crippen molar-refractivity contribution in [1.29, 1.82) is 0 Å². The summed E-state index contributed by atoms with van der Waals surface area (Å²) in [5.74, 6) is 0. The van der Waals surface area contributed by atoms with Crippen LogP contribution in [0.5, 0.6) is 0 Å². The minimum absolute atomic E-state index is 1.13. The van der Waals surface area contributed by atoms with Gasteiger partial charge in [-0.25, -0.2) is 0 Å². The average molecular weight is 680 g/mol. The Hall–Kier alpha value is -6.48. The molecule has 0 atom stereocenters. The van der Waals surface area contributed by atoms with Gasteiger partial charge in [-0.3, -0.25) is 0 Å². The first-order chi connectivity index (χ1) is 25.7. The van der Waals surface area contributed by atoms with Crippen LogP contribution in [-0.2, 0) is 0 Å². The van der Waals surface area contributed by atoms with Gasteiger partial charge in [0.2, 0.25) is 0 Å². The van der Waals surface area contributed by atoms with Crippen LogP contribution in [0, 0.1) is 0 Å². The normalized spacial score (nSPS) is 11.5. The van der Waals surface area contributed by atoms with Crippen LogP contribution in [0.2, 0.25) is 0 Å². The van der Waals surface area contributed by atoms with Crippen molar-refractivity contribution in [3.63, 3.8) is 0 Å². The molecular formula is C50H33NS. The molecular weight excluding hydrogens is 647 g/mol. The van der Waals surface area contributed by atoms with Crippen molar-refractivity contribution in [2.45, 2.75) is 0 Å². The molecule has 0 saturated carbocycles. The Bertz CT molecular complexity index is 2890. The Kier molecular flexibility index (Phi) is 7.41. The van der Waals surface area contributed by atoms with Crippen molar-refractivity contribution in [1.82, 2.24) is 0 Å². The van der Waals surface area contributed by atoms with Gasteiger partial charge in [0.25, 0.3) is 0 Å². The van der Waals surface area contributed by atoms with Crippen LogP contribution in [0.15, 0.2) is 200 Å². The summed E-state index contributed by atoms with van der Waals surface area (Å²) in [5, 5.41) is 7.60. The fraction of sp³-hybridized carbons (Fsp3) is 0. The largest absolute Gasteiger partial charge is 0.309 e. The average Bonchev–Trinajstić information content (AvgIpc) is 3.61. The van der Waals surface area contributed by atoms with Crippen LogP contribution >= 0.6 is 11.3 Å². The van der Waals surface area contributed by atoms with Crippen LogP contribution in [-0.4, -0.2) is 0 Å². The van der Waals surface area contributed by atoms with Gasteiger partial charge in [0, 0.05) is 26.8 Å². The van der Waals surface area contributed by atoms with Crippen molar-refractivity contribution in [3.05, 3.63) is 200 Å². The third-order valence-electron chi connectivity index (χ3n) is 10.2. The zero-order valence-electron chi connectivity index (χ0n) is 28.4. The summed E-state index contributed by atoms with van der Waals surface area (Å²) in [7, 11) is 0. The number of thiophene rings is 1. The summed E-state index contributed by atoms with van der Waals surface area (Å²) in [4.78, 5) is 2.41. The van der Waals surface area contributed by atoms with E-state index < -0.39 is 0 Å². The highest BCUT2D eigenvalue weighted by molar-refractivity contribution is 7.26. The van der Waals surface area contributed by atoms with Crippen molar-refractivity contribution in [2.24, 2.45) is 0 Å². The molecule has 10 rings (SSSR count). The standard InChI is InChI=1S/C50H33NS/c1-2-9-34(10-3-1)39-19-21-43-33-41(20-22-42(43)32-39)37-25-29-45(30-26-37)51(48-15-8-14-47-46-13-6-7-16-49(46)52-50(47)48)44-27-23-36(24-28-44)40-18-17-35-11-4-5-12-38(35)31-40/h1-33H. The number of fused-ring (bicyclic) bond motifs is 5. The van der Waals surface area contributed by atoms with E-state index in [2.05, 4.69) is 205 Å². The minimum Gasteiger partial charge on any atom is -0.309 e. The molecule has 2 heteroatoms. The smallest absolute Gasteiger partial charge is 0.0640 e. The van der Waals surface area contributed by atoms with E-state index in [1.807, 2.05) is 11.3 Å². The Morgan fingerprint density at radius 2 is 0.769 bits per heavy atom. The third-order valence-corrected chi connectivity index (χ3v) is 11.4. The van der Waals surface area contributed by atoms with Gasteiger partial charge < -0.3 is 4.90 Å². The lowest BCUT2D eigenvalue weighted by Gasteiger charge is -2.26. The number of hydrogen-bond acceptors (Lipinski definition) is 2. The molecule has 1 aromatic heterocycles. The van der Waals surface area contributed by atoms with E-state index in [-0.39, 0.29) is 0 Å². The number of rotatable bonds is 6. The minimum atomic E-state index is 1.13. The molecule has 0 fully saturated rings. The van der Waals surface area contributed by atoms with E-state index in [0.717, 1.165) is 11.4 Å². The molecule has 244 valence electrons. The molecule has 0 amide bonds. The Morgan fingerprint density at radius 1 is 0.308 bits per heavy atom. The van der Waals surface area contributed by atoms with Crippen LogP contribution in [0.25, 0.3) is 75.1 Å². The molecule has 0 aliphatic carbocycles. The number of benzene rings is 9. The monoisotopic (exact) mass is 679 g/mol. The summed E-state index contributed by atoms with van der Waals surface area (Å²) >= 11 is 1.87. The first kappa shape index (κ1) is 30.4. The summed E-state index contributed by atoms with van der Waals surface area (Å²) in [5.41, 5.74) is 10.8. The van der Waals surface area contributed by atoms with E-state index >= 15 is 0 Å². The zero-order chi connectivity index (χ0) is 34.4. The SMILES string of the molecule is c1ccc(-c2ccc3cc(-c4ccc(N(c5ccc(-c6ccc7ccccc7c6)cc5)c5cccc6c5sc5ccccc56)cc4)ccc3c2)cc1. The van der Waals surface area contributed by atoms with Crippen molar-refractivity contribution in [2.75, 3.05) is 4.90 Å². The molecule has 1 nitrogen and oxygen atoms in total. The van der Waals surface area contributed by atoms with Crippen LogP contribution in [0.3, 0.4) is 0 Å². The first-order valence-electron chi connectivity index (χ1n) is 17.7. The molecule has 1 heterocycles. The quantitative estimate of drug-likeness (QED) is 0.169. The second-order valence-corrected chi connectivity index (χ2v) is 14.4. The molecule has 0 N–H and O–H groups in total. The third kappa shape index (κ3) is 5.42. The Morgan fingerprint density at radius 3 is 1.40 bits per heavy atom. The first-order valence-corrected chi connectivity index (χ1v) is 18.6. The number of anilines is 3. The Balaban J connectivity index is 1.04. The maximum atomic E-state index is 2.41. The fourth-order valence-corrected chi connectivity index (χ4v) is 8.75. The molecule has 52 heavy (non-hydrogen) atoms. The molecule has 0 aliphatic heterocycles. The predicted molar refractivity (Wildman–Crippen MR) is 225 cm³/mol. The van der Waals surface area contributed by atoms with Gasteiger partial charge in [0.05, 0.1) is 10.4 Å². The highest BCUT2D eigenvalue weighted by Gasteiger charge is 2.18. The van der Waals surface area contributed by atoms with Crippen molar-refractivity contribution >= 4 is 70.1 Å². The molecule has 10 aromatic rings. The van der Waals surface area contributed by atoms with E-state index in [1.54, 1.807) is 0 Å². The van der Waals surface area contributed by atoms with Gasteiger partial charge in [0.15, 0.2) is 0 Å². The lowest BCUT2D eigenvalue weighted by atomic mass is 9.97. The lowest BCUT2D eigenvalue weighted by Crippen LogP contribution is -2.10. The van der Waals surface area contributed by atoms with Crippen LogP contribution in [0.4, 0.5) is 17.1 Å². The van der Waals surface area contributed by atoms with Gasteiger partial charge in [-0.1, -0.05) is 146 Å². The molecule has 0 bridgehead atoms. The molecule has 9 aromatic carbocycles. The maximum Gasteiger partial charge on any atom is 0.0640 e. The second kappa shape index (κ2) is 12.7. The zero-order valence-corrected chi connectivity index (χ0v) is 29.2. The maximum absolute atomic E-state index is 2.41. The summed E-state index contributed by atoms with van der Waals surface area (Å²) < 4.78 is 2.59. The van der Waals surface area contributed by atoms with E-state index in [1.165, 1.54) is 80.8 Å². The molecule has 0 radical (unpaired) electrons. The van der Waals surface area contributed by atoms with E-state index in [9.17, 15) is 0 Å². The lowest BCUT2D eigenvalue weighted by molar-refractivity contribution is 1.30. The van der Waals surface area contributed by atoms with Gasteiger partial charge in [-0.05, 0) is 110 Å². The summed E-state index contributed by atoms with van der Waals surface area (Å²) in [6.07, 6.45) is 0. The molecule has 0 unspecified atom stereocenters. The topological polar surface area (TPSA) is 3.24 Å². The summed E-state index contributed by atoms with van der Waals surface area (Å²) in [6.45, 7) is 0. The van der Waals surface area contributed by atoms with Gasteiger partial charge in [0.1, 0.15) is 0 Å². The van der Waals surface area contributed by atoms with Crippen molar-refractivity contribution in [3.8, 4) is 33.4 Å². The van der Waals surface area contributed by atoms with Crippen LogP contribution in [0.1, 0.15) is 0 Å². The van der Waals surface area contributed by atoms with E-state index in [0.29, 0.717) is 0 Å². The van der Waals surface area contributed by atoms with Gasteiger partial charge in [-0.15, -0.1) is 11.3 Å². The summed E-state index contributed by atoms with van der Waals surface area (Å²) in [6, 6.07) is 72.9. The van der Waals surface area contributed by atoms with Crippen LogP contribution < -0.4 is 4.90 Å². The second-order valence-electron chi connectivity index (χ2n) is 13.4. The highest BCUT2D eigenvalue weighted by atomic mass is 32.1. The van der Waals surface area contributed by atoms with Gasteiger partial charge >= 0.3 is 0 Å².